The van der Waals surface area contributed by atoms with Gasteiger partial charge in [-0.1, -0.05) is 23.4 Å². The number of aromatic nitrogens is 1. The molecule has 1 aromatic rings. The highest BCUT2D eigenvalue weighted by atomic mass is 19.4. The monoisotopic (exact) mass is 354 g/mol. The van der Waals surface area contributed by atoms with Gasteiger partial charge in [-0.15, -0.1) is 0 Å². The molecule has 2 heterocycles. The van der Waals surface area contributed by atoms with Gasteiger partial charge in [-0.2, -0.15) is 13.2 Å². The van der Waals surface area contributed by atoms with Crippen LogP contribution in [0, 0.1) is 25.7 Å². The normalized spacial score (nSPS) is 23.9. The molecule has 2 aliphatic rings. The predicted octanol–water partition coefficient (Wildman–Crippen LogP) is 4.05. The van der Waals surface area contributed by atoms with E-state index in [4.69, 9.17) is 4.52 Å². The second kappa shape index (κ2) is 6.69. The third-order valence-electron chi connectivity index (χ3n) is 4.96. The summed E-state index contributed by atoms with van der Waals surface area (Å²) in [6.45, 7) is 4.53. The summed E-state index contributed by atoms with van der Waals surface area (Å²) in [7, 11) is 0. The van der Waals surface area contributed by atoms with Crippen molar-refractivity contribution in [1.29, 1.82) is 0 Å². The van der Waals surface area contributed by atoms with Crippen molar-refractivity contribution in [3.05, 3.63) is 35.2 Å². The standard InChI is InChI=1S/C18H21F3N2O2/c1-11-17(12(2)25-22-11)14-5-3-4-13(8-14)15-6-7-23(10-15)16(24)9-18(19,20)21/h3,5,8,13,15H,4,6-7,9-10H2,1-2H3/t13?,15-/m0/s1. The van der Waals surface area contributed by atoms with Crippen LogP contribution < -0.4 is 0 Å². The van der Waals surface area contributed by atoms with Gasteiger partial charge in [0, 0.05) is 18.7 Å². The van der Waals surface area contributed by atoms with Gasteiger partial charge in [-0.05, 0) is 44.1 Å². The molecule has 25 heavy (non-hydrogen) atoms. The highest BCUT2D eigenvalue weighted by Gasteiger charge is 2.37. The van der Waals surface area contributed by atoms with E-state index in [2.05, 4.69) is 17.3 Å². The minimum absolute atomic E-state index is 0.178. The minimum atomic E-state index is -4.45. The van der Waals surface area contributed by atoms with Crippen LogP contribution in [0.2, 0.25) is 0 Å². The Morgan fingerprint density at radius 3 is 2.80 bits per heavy atom. The molecular formula is C18H21F3N2O2. The van der Waals surface area contributed by atoms with Crippen LogP contribution in [0.25, 0.3) is 5.57 Å². The van der Waals surface area contributed by atoms with Gasteiger partial charge < -0.3 is 9.42 Å². The maximum Gasteiger partial charge on any atom is 0.397 e. The molecule has 136 valence electrons. The van der Waals surface area contributed by atoms with Gasteiger partial charge in [-0.25, -0.2) is 0 Å². The fraction of sp³-hybridized carbons (Fsp3) is 0.556. The molecule has 1 saturated heterocycles. The molecule has 7 heteroatoms. The molecular weight excluding hydrogens is 333 g/mol. The Balaban J connectivity index is 1.69. The van der Waals surface area contributed by atoms with Gasteiger partial charge in [-0.3, -0.25) is 4.79 Å². The van der Waals surface area contributed by atoms with Crippen molar-refractivity contribution in [2.45, 2.75) is 39.3 Å². The van der Waals surface area contributed by atoms with Crippen LogP contribution in [0.1, 0.15) is 36.3 Å². The highest BCUT2D eigenvalue weighted by Crippen LogP contribution is 2.36. The van der Waals surface area contributed by atoms with Gasteiger partial charge in [0.2, 0.25) is 5.91 Å². The lowest BCUT2D eigenvalue weighted by molar-refractivity contribution is -0.160. The van der Waals surface area contributed by atoms with E-state index in [9.17, 15) is 18.0 Å². The Morgan fingerprint density at radius 1 is 1.40 bits per heavy atom. The van der Waals surface area contributed by atoms with Crippen LogP contribution in [-0.2, 0) is 4.79 Å². The van der Waals surface area contributed by atoms with E-state index < -0.39 is 18.5 Å². The van der Waals surface area contributed by atoms with E-state index in [0.29, 0.717) is 13.1 Å². The van der Waals surface area contributed by atoms with Crippen molar-refractivity contribution in [3.8, 4) is 0 Å². The molecule has 0 aromatic carbocycles. The van der Waals surface area contributed by atoms with Crippen LogP contribution >= 0.6 is 0 Å². The Bertz CT molecular complexity index is 699. The van der Waals surface area contributed by atoms with Crippen molar-refractivity contribution < 1.29 is 22.5 Å². The summed E-state index contributed by atoms with van der Waals surface area (Å²) < 4.78 is 42.5. The Hall–Kier alpha value is -2.05. The number of allylic oxidation sites excluding steroid dienone is 4. The summed E-state index contributed by atoms with van der Waals surface area (Å²) in [5.41, 5.74) is 2.83. The molecule has 4 nitrogen and oxygen atoms in total. The number of hydrogen-bond donors (Lipinski definition) is 0. The molecule has 1 amide bonds. The average molecular weight is 354 g/mol. The second-order valence-electron chi connectivity index (χ2n) is 6.80. The van der Waals surface area contributed by atoms with Crippen LogP contribution in [0.3, 0.4) is 0 Å². The van der Waals surface area contributed by atoms with Gasteiger partial charge in [0.25, 0.3) is 0 Å². The maximum atomic E-state index is 12.4. The lowest BCUT2D eigenvalue weighted by Gasteiger charge is -2.24. The minimum Gasteiger partial charge on any atom is -0.361 e. The smallest absolute Gasteiger partial charge is 0.361 e. The van der Waals surface area contributed by atoms with Crippen molar-refractivity contribution in [2.24, 2.45) is 11.8 Å². The number of carbonyl (C=O) groups excluding carboxylic acids is 1. The van der Waals surface area contributed by atoms with Crippen molar-refractivity contribution in [3.63, 3.8) is 0 Å². The fourth-order valence-electron chi connectivity index (χ4n) is 3.74. The van der Waals surface area contributed by atoms with Crippen LogP contribution in [0.4, 0.5) is 13.2 Å². The summed E-state index contributed by atoms with van der Waals surface area (Å²) in [5, 5.41) is 3.97. The predicted molar refractivity (Wildman–Crippen MR) is 86.6 cm³/mol. The highest BCUT2D eigenvalue weighted by molar-refractivity contribution is 5.78. The Labute approximate surface area is 144 Å². The summed E-state index contributed by atoms with van der Waals surface area (Å²) in [4.78, 5) is 13.1. The molecule has 0 saturated carbocycles. The number of aryl methyl sites for hydroxylation is 2. The van der Waals surface area contributed by atoms with Gasteiger partial charge in [0.05, 0.1) is 5.69 Å². The van der Waals surface area contributed by atoms with Crippen LogP contribution in [0.5, 0.6) is 0 Å². The number of alkyl halides is 3. The summed E-state index contributed by atoms with van der Waals surface area (Å²) in [6, 6.07) is 0. The molecule has 0 bridgehead atoms. The first-order valence-electron chi connectivity index (χ1n) is 8.40. The number of carbonyl (C=O) groups is 1. The van der Waals surface area contributed by atoms with Crippen LogP contribution in [-0.4, -0.2) is 35.2 Å². The third kappa shape index (κ3) is 3.96. The molecule has 2 atom stereocenters. The van der Waals surface area contributed by atoms with E-state index in [1.165, 1.54) is 4.90 Å². The van der Waals surface area contributed by atoms with E-state index >= 15 is 0 Å². The first-order chi connectivity index (χ1) is 11.7. The topological polar surface area (TPSA) is 46.3 Å². The average Bonchev–Trinajstić information content (AvgIpc) is 3.13. The summed E-state index contributed by atoms with van der Waals surface area (Å²) in [6.07, 6.45) is 2.00. The number of nitrogens with zero attached hydrogens (tertiary/aromatic N) is 2. The SMILES string of the molecule is Cc1noc(C)c1C1=CC([C@H]2CCN(C(=O)CC(F)(F)F)C2)CC=C1. The second-order valence-corrected chi connectivity index (χ2v) is 6.80. The molecule has 0 spiro atoms. The maximum absolute atomic E-state index is 12.4. The van der Waals surface area contributed by atoms with E-state index in [0.717, 1.165) is 35.4 Å². The largest absolute Gasteiger partial charge is 0.397 e. The number of halogens is 3. The van der Waals surface area contributed by atoms with Crippen molar-refractivity contribution >= 4 is 11.5 Å². The number of amides is 1. The molecule has 1 aromatic heterocycles. The zero-order chi connectivity index (χ0) is 18.2. The number of likely N-dealkylation sites (tertiary alicyclic amines) is 1. The van der Waals surface area contributed by atoms with Crippen molar-refractivity contribution in [1.82, 2.24) is 10.1 Å². The van der Waals surface area contributed by atoms with Crippen molar-refractivity contribution in [2.75, 3.05) is 13.1 Å². The first-order valence-corrected chi connectivity index (χ1v) is 8.40. The molecule has 0 N–H and O–H groups in total. The van der Waals surface area contributed by atoms with E-state index in [1.807, 2.05) is 19.9 Å². The van der Waals surface area contributed by atoms with Gasteiger partial charge in [0.1, 0.15) is 12.2 Å². The molecule has 1 fully saturated rings. The molecule has 3 rings (SSSR count). The zero-order valence-electron chi connectivity index (χ0n) is 14.3. The third-order valence-corrected chi connectivity index (χ3v) is 4.96. The zero-order valence-corrected chi connectivity index (χ0v) is 14.3. The lowest BCUT2D eigenvalue weighted by atomic mass is 9.82. The molecule has 1 aliphatic carbocycles. The molecule has 0 radical (unpaired) electrons. The van der Waals surface area contributed by atoms with Gasteiger partial charge in [0.15, 0.2) is 0 Å². The number of rotatable bonds is 3. The quantitative estimate of drug-likeness (QED) is 0.823. The summed E-state index contributed by atoms with van der Waals surface area (Å²) >= 11 is 0. The molecule has 1 unspecified atom stereocenters. The summed E-state index contributed by atoms with van der Waals surface area (Å²) in [5.74, 6) is 0.314. The number of hydrogen-bond acceptors (Lipinski definition) is 3. The molecule has 1 aliphatic heterocycles. The van der Waals surface area contributed by atoms with Gasteiger partial charge >= 0.3 is 6.18 Å². The lowest BCUT2D eigenvalue weighted by Crippen LogP contribution is -2.33. The van der Waals surface area contributed by atoms with Crippen LogP contribution in [0.15, 0.2) is 22.8 Å². The first kappa shape index (κ1) is 17.8. The van der Waals surface area contributed by atoms with E-state index in [-0.39, 0.29) is 11.8 Å². The Kier molecular flexibility index (Phi) is 4.75. The Morgan fingerprint density at radius 2 is 2.16 bits per heavy atom. The van der Waals surface area contributed by atoms with E-state index in [1.54, 1.807) is 0 Å². The fourth-order valence-corrected chi connectivity index (χ4v) is 3.74.